The Bertz CT molecular complexity index is 334. The molecule has 1 aromatic heterocycles. The summed E-state index contributed by atoms with van der Waals surface area (Å²) in [6.45, 7) is 5.66. The van der Waals surface area contributed by atoms with E-state index in [9.17, 15) is 0 Å². The van der Waals surface area contributed by atoms with Crippen LogP contribution < -0.4 is 0 Å². The summed E-state index contributed by atoms with van der Waals surface area (Å²) in [5, 5.41) is 6.95. The lowest BCUT2D eigenvalue weighted by molar-refractivity contribution is 1.23. The molecule has 0 saturated heterocycles. The fraction of sp³-hybridized carbons (Fsp3) is 0.0909. The largest absolute Gasteiger partial charge is 0.309 e. The molecule has 1 N–H and O–H groups in total. The zero-order valence-corrected chi connectivity index (χ0v) is 7.62. The molecule has 0 aliphatic rings. The van der Waals surface area contributed by atoms with Crippen LogP contribution in [-0.2, 0) is 0 Å². The Morgan fingerprint density at radius 3 is 2.77 bits per heavy atom. The predicted octanol–water partition coefficient (Wildman–Crippen LogP) is 2.61. The normalized spacial score (nSPS) is 11.0. The molecule has 66 valence electrons. The summed E-state index contributed by atoms with van der Waals surface area (Å²) in [5.74, 6) is 0. The quantitative estimate of drug-likeness (QED) is 0.552. The molecule has 13 heavy (non-hydrogen) atoms. The van der Waals surface area contributed by atoms with E-state index >= 15 is 0 Å². The van der Waals surface area contributed by atoms with Gasteiger partial charge in [-0.05, 0) is 24.6 Å². The molecule has 0 aliphatic heterocycles. The highest BCUT2D eigenvalue weighted by molar-refractivity contribution is 5.85. The van der Waals surface area contributed by atoms with Crippen molar-refractivity contribution in [3.05, 3.63) is 48.3 Å². The van der Waals surface area contributed by atoms with Gasteiger partial charge in [-0.3, -0.25) is 4.98 Å². The Labute approximate surface area is 78.1 Å². The number of aryl methyl sites for hydroxylation is 1. The van der Waals surface area contributed by atoms with E-state index in [1.165, 1.54) is 6.21 Å². The van der Waals surface area contributed by atoms with E-state index in [1.807, 2.05) is 19.1 Å². The second-order valence-corrected chi connectivity index (χ2v) is 2.71. The average Bonchev–Trinajstić information content (AvgIpc) is 2.16. The lowest BCUT2D eigenvalue weighted by atomic mass is 10.1. The molecule has 1 heterocycles. The van der Waals surface area contributed by atoms with E-state index in [1.54, 1.807) is 18.3 Å². The molecular weight excluding hydrogens is 160 g/mol. The van der Waals surface area contributed by atoms with Crippen molar-refractivity contribution >= 4 is 11.8 Å². The fourth-order valence-corrected chi connectivity index (χ4v) is 0.986. The maximum Gasteiger partial charge on any atom is 0.0702 e. The maximum atomic E-state index is 6.95. The van der Waals surface area contributed by atoms with Crippen molar-refractivity contribution in [1.82, 2.24) is 4.98 Å². The van der Waals surface area contributed by atoms with Crippen LogP contribution in [0.3, 0.4) is 0 Å². The summed E-state index contributed by atoms with van der Waals surface area (Å²) in [7, 11) is 0. The standard InChI is InChI=1S/C11H12N2/c1-3-10(6-7-12)11-5-4-9(2)8-13-11/h3-8,12H,1H2,2H3/b10-6+,12-7?. The van der Waals surface area contributed by atoms with Gasteiger partial charge in [0.2, 0.25) is 0 Å². The van der Waals surface area contributed by atoms with Gasteiger partial charge < -0.3 is 5.41 Å². The van der Waals surface area contributed by atoms with Gasteiger partial charge in [-0.15, -0.1) is 0 Å². The molecule has 0 spiro atoms. The number of allylic oxidation sites excluding steroid dienone is 3. The summed E-state index contributed by atoms with van der Waals surface area (Å²) in [6.07, 6.45) is 6.41. The highest BCUT2D eigenvalue weighted by Crippen LogP contribution is 2.11. The number of nitrogens with one attached hydrogen (secondary N) is 1. The molecule has 0 amide bonds. The number of hydrogen-bond donors (Lipinski definition) is 1. The van der Waals surface area contributed by atoms with Crippen LogP contribution in [0.2, 0.25) is 0 Å². The molecular formula is C11H12N2. The minimum Gasteiger partial charge on any atom is -0.309 e. The second-order valence-electron chi connectivity index (χ2n) is 2.71. The zero-order valence-electron chi connectivity index (χ0n) is 7.62. The first kappa shape index (κ1) is 9.39. The first-order valence-corrected chi connectivity index (χ1v) is 4.04. The molecule has 0 atom stereocenters. The number of rotatable bonds is 3. The molecule has 0 saturated carbocycles. The van der Waals surface area contributed by atoms with Crippen molar-refractivity contribution in [2.24, 2.45) is 0 Å². The third kappa shape index (κ3) is 2.37. The first-order chi connectivity index (χ1) is 6.27. The molecule has 0 radical (unpaired) electrons. The van der Waals surface area contributed by atoms with Crippen LogP contribution in [0.25, 0.3) is 5.57 Å². The van der Waals surface area contributed by atoms with Crippen LogP contribution in [0.4, 0.5) is 0 Å². The van der Waals surface area contributed by atoms with Crippen LogP contribution in [0.5, 0.6) is 0 Å². The molecule has 1 aromatic rings. The fourth-order valence-electron chi connectivity index (χ4n) is 0.986. The Morgan fingerprint density at radius 2 is 2.31 bits per heavy atom. The van der Waals surface area contributed by atoms with Crippen molar-refractivity contribution < 1.29 is 0 Å². The van der Waals surface area contributed by atoms with E-state index < -0.39 is 0 Å². The molecule has 0 aromatic carbocycles. The van der Waals surface area contributed by atoms with Gasteiger partial charge in [0.05, 0.1) is 5.69 Å². The minimum atomic E-state index is 0.851. The van der Waals surface area contributed by atoms with Crippen molar-refractivity contribution in [2.45, 2.75) is 6.92 Å². The Balaban J connectivity index is 3.06. The highest BCUT2D eigenvalue weighted by atomic mass is 14.7. The van der Waals surface area contributed by atoms with Gasteiger partial charge in [0.15, 0.2) is 0 Å². The Hall–Kier alpha value is -1.70. The summed E-state index contributed by atoms with van der Waals surface area (Å²) < 4.78 is 0. The zero-order chi connectivity index (χ0) is 9.68. The van der Waals surface area contributed by atoms with Gasteiger partial charge >= 0.3 is 0 Å². The third-order valence-corrected chi connectivity index (χ3v) is 1.69. The number of aromatic nitrogens is 1. The molecule has 2 nitrogen and oxygen atoms in total. The van der Waals surface area contributed by atoms with Crippen molar-refractivity contribution in [1.29, 1.82) is 5.41 Å². The van der Waals surface area contributed by atoms with E-state index in [-0.39, 0.29) is 0 Å². The van der Waals surface area contributed by atoms with E-state index in [4.69, 9.17) is 5.41 Å². The monoisotopic (exact) mass is 172 g/mol. The molecule has 2 heteroatoms. The highest BCUT2D eigenvalue weighted by Gasteiger charge is 1.96. The average molecular weight is 172 g/mol. The summed E-state index contributed by atoms with van der Waals surface area (Å²) in [4.78, 5) is 4.23. The molecule has 0 fully saturated rings. The number of nitrogens with zero attached hydrogens (tertiary/aromatic N) is 1. The molecule has 0 unspecified atom stereocenters. The summed E-state index contributed by atoms with van der Waals surface area (Å²) in [6, 6.07) is 3.91. The van der Waals surface area contributed by atoms with Crippen LogP contribution in [0.1, 0.15) is 11.3 Å². The van der Waals surface area contributed by atoms with Crippen molar-refractivity contribution in [3.63, 3.8) is 0 Å². The summed E-state index contributed by atoms with van der Waals surface area (Å²) in [5.41, 5.74) is 2.85. The first-order valence-electron chi connectivity index (χ1n) is 4.04. The lowest BCUT2D eigenvalue weighted by Crippen LogP contribution is -1.87. The Morgan fingerprint density at radius 1 is 1.54 bits per heavy atom. The van der Waals surface area contributed by atoms with E-state index in [0.29, 0.717) is 0 Å². The van der Waals surface area contributed by atoms with Crippen LogP contribution >= 0.6 is 0 Å². The van der Waals surface area contributed by atoms with Gasteiger partial charge in [-0.1, -0.05) is 18.7 Å². The van der Waals surface area contributed by atoms with Gasteiger partial charge in [-0.2, -0.15) is 0 Å². The Kier molecular flexibility index (Phi) is 3.15. The SMILES string of the molecule is C=C/C(=C\C=N)c1ccc(C)cn1. The van der Waals surface area contributed by atoms with Gasteiger partial charge in [0.25, 0.3) is 0 Å². The topological polar surface area (TPSA) is 36.7 Å². The second kappa shape index (κ2) is 4.36. The van der Waals surface area contributed by atoms with E-state index in [2.05, 4.69) is 11.6 Å². The van der Waals surface area contributed by atoms with Crippen molar-refractivity contribution in [3.8, 4) is 0 Å². The van der Waals surface area contributed by atoms with Gasteiger partial charge in [0, 0.05) is 18.0 Å². The molecule has 0 aliphatic carbocycles. The maximum absolute atomic E-state index is 6.95. The van der Waals surface area contributed by atoms with Crippen molar-refractivity contribution in [2.75, 3.05) is 0 Å². The van der Waals surface area contributed by atoms with E-state index in [0.717, 1.165) is 16.8 Å². The molecule has 1 rings (SSSR count). The smallest absolute Gasteiger partial charge is 0.0702 e. The third-order valence-electron chi connectivity index (χ3n) is 1.69. The number of hydrogen-bond acceptors (Lipinski definition) is 2. The lowest BCUT2D eigenvalue weighted by Gasteiger charge is -1.99. The van der Waals surface area contributed by atoms with Crippen LogP contribution in [0.15, 0.2) is 37.1 Å². The summed E-state index contributed by atoms with van der Waals surface area (Å²) >= 11 is 0. The predicted molar refractivity (Wildman–Crippen MR) is 55.9 cm³/mol. The van der Waals surface area contributed by atoms with Crippen LogP contribution in [-0.4, -0.2) is 11.2 Å². The van der Waals surface area contributed by atoms with Crippen LogP contribution in [0, 0.1) is 12.3 Å². The van der Waals surface area contributed by atoms with Gasteiger partial charge in [-0.25, -0.2) is 0 Å². The molecule has 0 bridgehead atoms. The number of pyridine rings is 1. The van der Waals surface area contributed by atoms with Gasteiger partial charge in [0.1, 0.15) is 0 Å². The minimum absolute atomic E-state index is 0.851.